The molecule has 76 heavy (non-hydrogen) atoms. The SMILES string of the molecule is COc1nc(N2CCO[C@H](CO)C2)cc(-n2ncc3cc(C)c(C4CCN(C5CCOC5)CC4)cc32)n1.COc1nc(N2CCO[C@H](CO)C2)cc(-n2ncc3cc(C)c(C4CCN(C5CCOC5)CC4)cc32)n1.S.S. The number of ether oxygens (including phenoxy) is 6. The second-order valence-electron chi connectivity index (χ2n) is 20.7. The number of aliphatic hydroxyl groups is 2. The van der Waals surface area contributed by atoms with Gasteiger partial charge in [0.25, 0.3) is 0 Å². The number of fused-ring (bicyclic) bond motifs is 2. The van der Waals surface area contributed by atoms with E-state index in [1.807, 2.05) is 33.9 Å². The van der Waals surface area contributed by atoms with E-state index in [1.54, 1.807) is 14.2 Å². The maximum Gasteiger partial charge on any atom is 0.320 e. The molecule has 20 nitrogen and oxygen atoms in total. The lowest BCUT2D eigenvalue weighted by Gasteiger charge is -2.36. The Kier molecular flexibility index (Phi) is 18.6. The number of methoxy groups -OCH3 is 2. The molecule has 0 bridgehead atoms. The molecule has 0 saturated carbocycles. The van der Waals surface area contributed by atoms with Crippen LogP contribution in [0.2, 0.25) is 0 Å². The summed E-state index contributed by atoms with van der Waals surface area (Å²) in [7, 11) is 3.15. The minimum absolute atomic E-state index is 0. The Balaban J connectivity index is 0.000000181. The molecule has 10 heterocycles. The number of aromatic nitrogens is 8. The van der Waals surface area contributed by atoms with Crippen molar-refractivity contribution in [1.82, 2.24) is 49.3 Å². The van der Waals surface area contributed by atoms with E-state index in [0.717, 1.165) is 125 Å². The van der Waals surface area contributed by atoms with Crippen molar-refractivity contribution < 1.29 is 38.6 Å². The van der Waals surface area contributed by atoms with E-state index in [-0.39, 0.29) is 52.4 Å². The highest BCUT2D eigenvalue weighted by molar-refractivity contribution is 7.59. The number of nitrogens with zero attached hydrogens (tertiary/aromatic N) is 12. The largest absolute Gasteiger partial charge is 0.467 e. The number of morpholine rings is 2. The van der Waals surface area contributed by atoms with E-state index in [0.29, 0.717) is 87.0 Å². The zero-order valence-electron chi connectivity index (χ0n) is 44.3. The molecule has 6 saturated heterocycles. The van der Waals surface area contributed by atoms with Crippen LogP contribution in [-0.2, 0) is 18.9 Å². The summed E-state index contributed by atoms with van der Waals surface area (Å²) in [5.41, 5.74) is 7.51. The fourth-order valence-electron chi connectivity index (χ4n) is 12.0. The first kappa shape index (κ1) is 55.9. The maximum absolute atomic E-state index is 9.57. The lowest BCUT2D eigenvalue weighted by atomic mass is 9.86. The molecule has 6 aliphatic rings. The Morgan fingerprint density at radius 3 is 1.30 bits per heavy atom. The van der Waals surface area contributed by atoms with Crippen LogP contribution >= 0.6 is 27.0 Å². The number of hydrogen-bond acceptors (Lipinski definition) is 18. The number of anilines is 2. The molecule has 0 radical (unpaired) electrons. The third-order valence-corrected chi connectivity index (χ3v) is 16.2. The quantitative estimate of drug-likeness (QED) is 0.169. The van der Waals surface area contributed by atoms with Gasteiger partial charge in [0.2, 0.25) is 0 Å². The van der Waals surface area contributed by atoms with Gasteiger partial charge in [0.1, 0.15) is 11.6 Å². The molecule has 0 aliphatic carbocycles. The van der Waals surface area contributed by atoms with Gasteiger partial charge < -0.3 is 48.4 Å². The van der Waals surface area contributed by atoms with Crippen LogP contribution in [0.25, 0.3) is 33.4 Å². The lowest BCUT2D eigenvalue weighted by Crippen LogP contribution is -2.44. The molecule has 0 spiro atoms. The number of likely N-dealkylation sites (tertiary alicyclic amines) is 2. The normalized spacial score (nSPS) is 23.1. The summed E-state index contributed by atoms with van der Waals surface area (Å²) in [6, 6.07) is 14.8. The van der Waals surface area contributed by atoms with Crippen LogP contribution in [0.4, 0.5) is 11.6 Å². The van der Waals surface area contributed by atoms with Gasteiger partial charge in [-0.25, -0.2) is 9.36 Å². The van der Waals surface area contributed by atoms with Crippen LogP contribution < -0.4 is 19.3 Å². The Bertz CT molecular complexity index is 2680. The standard InChI is InChI=1S/2C27H36N6O4.2H2S/c2*1-18-11-20-14-28-33(24(20)12-23(18)19-3-6-31(7-4-19)21-5-9-36-17-21)26-13-25(29-27(30-26)35-2)32-8-10-37-22(15-32)16-34;;/h2*11-14,19,21-22,34H,3-10,15-17H2,1-2H3;2*1H2/t2*21?,22-;;/m00../s1. The number of aliphatic hydroxyl groups excluding tert-OH is 2. The van der Waals surface area contributed by atoms with Gasteiger partial charge in [-0.3, -0.25) is 9.80 Å². The first-order chi connectivity index (χ1) is 36.2. The van der Waals surface area contributed by atoms with Crippen LogP contribution in [0.1, 0.15) is 72.6 Å². The van der Waals surface area contributed by atoms with Crippen molar-refractivity contribution in [3.05, 3.63) is 71.0 Å². The predicted molar refractivity (Wildman–Crippen MR) is 300 cm³/mol. The number of rotatable bonds is 12. The highest BCUT2D eigenvalue weighted by atomic mass is 32.1. The maximum atomic E-state index is 9.57. The Morgan fingerprint density at radius 2 is 0.934 bits per heavy atom. The van der Waals surface area contributed by atoms with Crippen LogP contribution in [-0.4, -0.2) is 203 Å². The third kappa shape index (κ3) is 12.1. The summed E-state index contributed by atoms with van der Waals surface area (Å²) in [5.74, 6) is 3.87. The van der Waals surface area contributed by atoms with Crippen molar-refractivity contribution in [2.45, 2.75) is 88.5 Å². The molecule has 4 atom stereocenters. The molecule has 6 aliphatic heterocycles. The van der Waals surface area contributed by atoms with Gasteiger partial charge in [0.15, 0.2) is 11.6 Å². The minimum atomic E-state index is -0.234. The molecular weight excluding hydrogens is 1010 g/mol. The van der Waals surface area contributed by atoms with Crippen molar-refractivity contribution in [3.8, 4) is 23.7 Å². The number of hydrogen-bond donors (Lipinski definition) is 2. The van der Waals surface area contributed by atoms with Gasteiger partial charge >= 0.3 is 12.0 Å². The van der Waals surface area contributed by atoms with Gasteiger partial charge in [-0.15, -0.1) is 0 Å². The molecule has 412 valence electrons. The number of piperidine rings is 2. The average Bonchev–Trinajstić information content (AvgIpc) is 4.34. The van der Waals surface area contributed by atoms with Crippen molar-refractivity contribution in [2.24, 2.45) is 0 Å². The second kappa shape index (κ2) is 25.3. The van der Waals surface area contributed by atoms with E-state index in [4.69, 9.17) is 38.6 Å². The topological polar surface area (TPSA) is 196 Å². The van der Waals surface area contributed by atoms with Crippen molar-refractivity contribution in [1.29, 1.82) is 0 Å². The first-order valence-corrected chi connectivity index (χ1v) is 26.7. The summed E-state index contributed by atoms with van der Waals surface area (Å²) in [4.78, 5) is 27.9. The fourth-order valence-corrected chi connectivity index (χ4v) is 12.0. The smallest absolute Gasteiger partial charge is 0.320 e. The number of benzene rings is 2. The zero-order valence-corrected chi connectivity index (χ0v) is 46.3. The van der Waals surface area contributed by atoms with Crippen molar-refractivity contribution in [3.63, 3.8) is 0 Å². The van der Waals surface area contributed by atoms with Gasteiger partial charge in [0, 0.05) is 74.4 Å². The summed E-state index contributed by atoms with van der Waals surface area (Å²) in [6.07, 6.45) is 10.3. The number of aryl methyl sites for hydroxylation is 2. The summed E-state index contributed by atoms with van der Waals surface area (Å²) >= 11 is 0. The van der Waals surface area contributed by atoms with Crippen LogP contribution in [0.3, 0.4) is 0 Å². The fraction of sp³-hybridized carbons (Fsp3) is 0.593. The van der Waals surface area contributed by atoms with Gasteiger partial charge in [0.05, 0.1) is 89.5 Å². The zero-order chi connectivity index (χ0) is 50.7. The van der Waals surface area contributed by atoms with Crippen LogP contribution in [0, 0.1) is 13.8 Å². The molecule has 2 aromatic carbocycles. The molecule has 4 aromatic heterocycles. The van der Waals surface area contributed by atoms with Crippen molar-refractivity contribution >= 4 is 60.4 Å². The van der Waals surface area contributed by atoms with E-state index in [1.165, 1.54) is 22.3 Å². The molecule has 2 N–H and O–H groups in total. The average molecular weight is 1090 g/mol. The molecular formula is C54H76N12O8S2. The monoisotopic (exact) mass is 1080 g/mol. The van der Waals surface area contributed by atoms with E-state index >= 15 is 0 Å². The molecule has 2 unspecified atom stereocenters. The summed E-state index contributed by atoms with van der Waals surface area (Å²) in [6.45, 7) is 16.0. The second-order valence-corrected chi connectivity index (χ2v) is 20.7. The molecule has 6 aromatic rings. The Morgan fingerprint density at radius 1 is 0.526 bits per heavy atom. The minimum Gasteiger partial charge on any atom is -0.467 e. The summed E-state index contributed by atoms with van der Waals surface area (Å²) < 4.78 is 37.2. The highest BCUT2D eigenvalue weighted by Crippen LogP contribution is 2.37. The van der Waals surface area contributed by atoms with Gasteiger partial charge in [-0.05, 0) is 137 Å². The molecule has 0 amide bonds. The third-order valence-electron chi connectivity index (χ3n) is 16.2. The highest BCUT2D eigenvalue weighted by Gasteiger charge is 2.32. The van der Waals surface area contributed by atoms with Crippen LogP contribution in [0.15, 0.2) is 48.8 Å². The molecule has 12 rings (SSSR count). The van der Waals surface area contributed by atoms with E-state index < -0.39 is 0 Å². The predicted octanol–water partition coefficient (Wildman–Crippen LogP) is 4.82. The van der Waals surface area contributed by atoms with Crippen molar-refractivity contribution in [2.75, 3.05) is 129 Å². The molecule has 22 heteroatoms. The first-order valence-electron chi connectivity index (χ1n) is 26.7. The lowest BCUT2D eigenvalue weighted by molar-refractivity contribution is 0.00331. The van der Waals surface area contributed by atoms with Gasteiger partial charge in [-0.2, -0.15) is 57.1 Å². The summed E-state index contributed by atoms with van der Waals surface area (Å²) in [5, 5.41) is 30.8. The van der Waals surface area contributed by atoms with E-state index in [9.17, 15) is 10.2 Å². The molecule has 6 fully saturated rings. The van der Waals surface area contributed by atoms with Gasteiger partial charge in [-0.1, -0.05) is 0 Å². The Hall–Kier alpha value is -4.88. The van der Waals surface area contributed by atoms with Crippen LogP contribution in [0.5, 0.6) is 12.0 Å². The Labute approximate surface area is 458 Å². The van der Waals surface area contributed by atoms with E-state index in [2.05, 4.69) is 77.6 Å².